The predicted molar refractivity (Wildman–Crippen MR) is 212 cm³/mol. The molecular weight excluding hydrogens is 905 g/mol. The molecule has 0 spiro atoms. The molecule has 0 radical (unpaired) electrons. The minimum atomic E-state index is -5.17. The van der Waals surface area contributed by atoms with Gasteiger partial charge in [-0.1, -0.05) is 38.1 Å². The first-order chi connectivity index (χ1) is 27.4. The molecule has 3 aliphatic heterocycles. The van der Waals surface area contributed by atoms with E-state index in [-0.39, 0.29) is 138 Å². The van der Waals surface area contributed by atoms with E-state index in [1.807, 2.05) is 56.2 Å². The fraction of sp³-hybridized carbons (Fsp3) is 0.350. The van der Waals surface area contributed by atoms with Crippen molar-refractivity contribution in [2.75, 3.05) is 23.7 Å². The zero-order valence-corrected chi connectivity index (χ0v) is 43.4. The van der Waals surface area contributed by atoms with Crippen molar-refractivity contribution in [3.8, 4) is 0 Å². The van der Waals surface area contributed by atoms with Gasteiger partial charge in [0, 0.05) is 66.1 Å². The summed E-state index contributed by atoms with van der Waals surface area (Å²) in [4.78, 5) is 42.7. The van der Waals surface area contributed by atoms with Crippen molar-refractivity contribution in [2.24, 2.45) is 0 Å². The maximum absolute atomic E-state index is 13.1. The molecule has 6 rings (SSSR count). The molecule has 0 N–H and O–H groups in total. The van der Waals surface area contributed by atoms with Crippen molar-refractivity contribution in [3.63, 3.8) is 0 Å². The van der Waals surface area contributed by atoms with Gasteiger partial charge in [-0.3, -0.25) is 9.59 Å². The first-order valence-corrected chi connectivity index (χ1v) is 22.9. The van der Waals surface area contributed by atoms with Crippen LogP contribution in [0.15, 0.2) is 88.3 Å². The molecule has 0 aromatic heterocycles. The van der Waals surface area contributed by atoms with Crippen LogP contribution in [0.3, 0.4) is 0 Å². The second kappa shape index (κ2) is 19.4. The Balaban J connectivity index is 0.00000410. The average molecular weight is 946 g/mol. The van der Waals surface area contributed by atoms with Crippen LogP contribution in [-0.2, 0) is 55.6 Å². The van der Waals surface area contributed by atoms with Gasteiger partial charge in [-0.25, -0.2) is 30.0 Å². The third kappa shape index (κ3) is 10.7. The molecule has 3 aromatic carbocycles. The first kappa shape index (κ1) is 51.9. The molecule has 0 unspecified atom stereocenters. The Morgan fingerprint density at radius 1 is 0.820 bits per heavy atom. The van der Waals surface area contributed by atoms with Gasteiger partial charge < -0.3 is 23.4 Å². The zero-order chi connectivity index (χ0) is 43.5. The van der Waals surface area contributed by atoms with E-state index in [0.29, 0.717) is 53.1 Å². The van der Waals surface area contributed by atoms with Crippen LogP contribution in [-0.4, -0.2) is 90.9 Å². The fourth-order valence-corrected chi connectivity index (χ4v) is 9.95. The number of benzene rings is 3. The third-order valence-corrected chi connectivity index (χ3v) is 13.3. The smallest absolute Gasteiger partial charge is 0.748 e. The molecule has 0 atom stereocenters. The fourth-order valence-electron chi connectivity index (χ4n) is 8.07. The van der Waals surface area contributed by atoms with Gasteiger partial charge >= 0.3 is 109 Å². The van der Waals surface area contributed by atoms with Crippen LogP contribution in [0, 0.1) is 0 Å². The van der Waals surface area contributed by atoms with Gasteiger partial charge in [0.05, 0.1) is 30.9 Å². The first-order valence-electron chi connectivity index (χ1n) is 18.5. The standard InChI is InChI=1S/C40H43N3O13S3.2K/c1-6-41-31-17-15-27-28(23-26(58(50,51)52)24-32(27)59(53,54)55)37(31)40(4,5)34(41)13-9-7-8-12-33-39(2,3)29-22-25(38(46)56-43-35(44)18-19-36(43)45)14-16-30(29)42(33)20-10-11-21-57(47,48)49;;/h7-9,12-17,22-24H,6,10-11,18-21H2,1-5H3,(H2-,47,48,49,50,51,52,53,54,55);;/q;2*+1/p-2. The molecule has 21 heteroatoms. The Hall–Kier alpha value is -1.78. The number of allylic oxidation sites excluding steroid dienone is 6. The number of amides is 2. The molecule has 3 heterocycles. The van der Waals surface area contributed by atoms with Gasteiger partial charge in [-0.2, -0.15) is 4.58 Å². The van der Waals surface area contributed by atoms with Gasteiger partial charge in [0.2, 0.25) is 5.69 Å². The summed E-state index contributed by atoms with van der Waals surface area (Å²) in [5.41, 5.74) is 2.61. The van der Waals surface area contributed by atoms with Crippen molar-refractivity contribution < 1.29 is 165 Å². The molecule has 2 amide bonds. The van der Waals surface area contributed by atoms with E-state index in [4.69, 9.17) is 4.84 Å². The number of hydroxylamine groups is 2. The van der Waals surface area contributed by atoms with Crippen molar-refractivity contribution in [1.82, 2.24) is 5.06 Å². The summed E-state index contributed by atoms with van der Waals surface area (Å²) in [5, 5.41) is 0.611. The second-order valence-corrected chi connectivity index (χ2v) is 19.6. The Kier molecular flexibility index (Phi) is 16.5. The monoisotopic (exact) mass is 945 g/mol. The topological polar surface area (TPSA) is 242 Å². The van der Waals surface area contributed by atoms with Gasteiger partial charge in [-0.15, -0.1) is 5.06 Å². The normalized spacial score (nSPS) is 18.0. The molecule has 1 fully saturated rings. The molecule has 16 nitrogen and oxygen atoms in total. The summed E-state index contributed by atoms with van der Waals surface area (Å²) in [6, 6.07) is 9.59. The largest absolute Gasteiger partial charge is 1.00 e. The SMILES string of the molecule is CCN1/C(=C/C=C/C=C/C2=[N+](CCCCS(=O)(=O)[O-])c3ccc(C(=O)ON4C(=O)CCC4=O)cc3C2(C)C)C(C)(C)c2c1ccc1c(S(=O)(=O)[O-])cc(S(=O)(=O)[O-])cc21.[K+].[K+]. The van der Waals surface area contributed by atoms with Crippen molar-refractivity contribution >= 4 is 76.0 Å². The minimum absolute atomic E-state index is 0. The van der Waals surface area contributed by atoms with E-state index in [1.54, 1.807) is 36.4 Å². The summed E-state index contributed by atoms with van der Waals surface area (Å²) >= 11 is 0. The molecule has 0 aliphatic carbocycles. The molecule has 3 aromatic rings. The summed E-state index contributed by atoms with van der Waals surface area (Å²) in [6.45, 7) is 10.2. The number of hydrogen-bond donors (Lipinski definition) is 0. The van der Waals surface area contributed by atoms with E-state index in [9.17, 15) is 53.3 Å². The quantitative estimate of drug-likeness (QED) is 0.0468. The molecule has 3 aliphatic rings. The van der Waals surface area contributed by atoms with Crippen LogP contribution in [0.2, 0.25) is 0 Å². The maximum atomic E-state index is 13.1. The van der Waals surface area contributed by atoms with Crippen LogP contribution >= 0.6 is 0 Å². The summed E-state index contributed by atoms with van der Waals surface area (Å²) in [7, 11) is -14.7. The van der Waals surface area contributed by atoms with E-state index < -0.39 is 74.5 Å². The van der Waals surface area contributed by atoms with Gasteiger partial charge in [0.1, 0.15) is 26.8 Å². The Labute approximate surface area is 440 Å². The Morgan fingerprint density at radius 2 is 1.48 bits per heavy atom. The van der Waals surface area contributed by atoms with Gasteiger partial charge in [-0.05, 0) is 79.9 Å². The summed E-state index contributed by atoms with van der Waals surface area (Å²) in [5.74, 6) is -2.65. The molecule has 314 valence electrons. The van der Waals surface area contributed by atoms with Gasteiger partial charge in [0.15, 0.2) is 5.71 Å². The van der Waals surface area contributed by atoms with E-state index in [2.05, 4.69) is 0 Å². The number of nitrogens with zero attached hydrogens (tertiary/aromatic N) is 3. The molecule has 0 bridgehead atoms. The van der Waals surface area contributed by atoms with Crippen molar-refractivity contribution in [2.45, 2.75) is 80.9 Å². The predicted octanol–water partition coefficient (Wildman–Crippen LogP) is -1.61. The third-order valence-electron chi connectivity index (χ3n) is 10.8. The van der Waals surface area contributed by atoms with Crippen LogP contribution in [0.5, 0.6) is 0 Å². The number of carbonyl (C=O) groups excluding carboxylic acids is 3. The summed E-state index contributed by atoms with van der Waals surface area (Å²) < 4.78 is 109. The number of imide groups is 1. The van der Waals surface area contributed by atoms with Crippen LogP contribution in [0.1, 0.15) is 81.8 Å². The summed E-state index contributed by atoms with van der Waals surface area (Å²) in [6.07, 6.45) is 9.38. The van der Waals surface area contributed by atoms with E-state index in [1.165, 1.54) is 12.1 Å². The number of hydrogen-bond acceptors (Lipinski definition) is 14. The van der Waals surface area contributed by atoms with E-state index in [0.717, 1.165) is 17.5 Å². The number of anilines is 1. The number of carbonyl (C=O) groups is 3. The van der Waals surface area contributed by atoms with Crippen LogP contribution in [0.25, 0.3) is 10.8 Å². The number of unbranched alkanes of at least 4 members (excludes halogenated alkanes) is 1. The molecule has 61 heavy (non-hydrogen) atoms. The number of fused-ring (bicyclic) bond motifs is 4. The molecule has 0 saturated carbocycles. The maximum Gasteiger partial charge on any atom is 1.00 e. The number of rotatable bonds is 13. The van der Waals surface area contributed by atoms with E-state index >= 15 is 0 Å². The molecular formula is C40H41K2N3O13S3. The average Bonchev–Trinajstić information content (AvgIpc) is 3.65. The molecule has 1 saturated heterocycles. The Morgan fingerprint density at radius 3 is 2.07 bits per heavy atom. The van der Waals surface area contributed by atoms with Gasteiger partial charge in [0.25, 0.3) is 11.8 Å². The van der Waals surface area contributed by atoms with Crippen LogP contribution < -0.4 is 108 Å². The van der Waals surface area contributed by atoms with Crippen molar-refractivity contribution in [1.29, 1.82) is 0 Å². The minimum Gasteiger partial charge on any atom is -0.748 e. The second-order valence-electron chi connectivity index (χ2n) is 15.4. The number of likely N-dealkylation sites (N-methyl/N-ethyl adjacent to an activating group) is 1. The van der Waals surface area contributed by atoms with Crippen LogP contribution in [0.4, 0.5) is 11.4 Å². The van der Waals surface area contributed by atoms with Crippen molar-refractivity contribution in [3.05, 3.63) is 95.2 Å². The zero-order valence-electron chi connectivity index (χ0n) is 34.8. The Bertz CT molecular complexity index is 2780.